The summed E-state index contributed by atoms with van der Waals surface area (Å²) in [5.41, 5.74) is 0. The Morgan fingerprint density at radius 3 is 1.50 bits per heavy atom. The van der Waals surface area contributed by atoms with Crippen molar-refractivity contribution in [2.24, 2.45) is 0 Å². The van der Waals surface area contributed by atoms with Gasteiger partial charge in [0.1, 0.15) is 11.5 Å². The Kier molecular flexibility index (Phi) is 4.84. The van der Waals surface area contributed by atoms with E-state index in [4.69, 9.17) is 0 Å². The van der Waals surface area contributed by atoms with Crippen LogP contribution >= 0.6 is 22.7 Å². The van der Waals surface area contributed by atoms with Crippen LogP contribution in [0.1, 0.15) is 20.5 Å². The highest BCUT2D eigenvalue weighted by Gasteiger charge is 2.48. The maximum Gasteiger partial charge on any atom is 0.239 e. The largest absolute Gasteiger partial charge is 0.319 e. The van der Waals surface area contributed by atoms with Gasteiger partial charge in [0.15, 0.2) is 30.4 Å². The lowest BCUT2D eigenvalue weighted by Gasteiger charge is -2.27. The summed E-state index contributed by atoms with van der Waals surface area (Å²) in [6.45, 7) is -0.104. The molecule has 12 heteroatoms. The molecule has 2 atom stereocenters. The maximum absolute atomic E-state index is 12.5. The van der Waals surface area contributed by atoms with Gasteiger partial charge in [-0.05, 0) is 22.9 Å². The number of rotatable bonds is 5. The summed E-state index contributed by atoms with van der Waals surface area (Å²) in [7, 11) is -7.36. The Morgan fingerprint density at radius 2 is 1.18 bits per heavy atom. The lowest BCUT2D eigenvalue weighted by atomic mass is 10.3. The van der Waals surface area contributed by atoms with E-state index >= 15 is 0 Å². The molecule has 0 N–H and O–H groups in total. The highest BCUT2D eigenvalue weighted by atomic mass is 32.2. The summed E-state index contributed by atoms with van der Waals surface area (Å²) in [5, 5.41) is 1.29. The number of amides is 2. The first-order chi connectivity index (χ1) is 13.2. The third-order valence-corrected chi connectivity index (χ3v) is 10.5. The summed E-state index contributed by atoms with van der Waals surface area (Å²) in [4.78, 5) is 28.2. The number of carbonyl (C=O) groups excluding carboxylic acids is 2. The molecule has 8 nitrogen and oxygen atoms in total. The molecule has 2 aromatic rings. The van der Waals surface area contributed by atoms with Crippen LogP contribution in [-0.4, -0.2) is 63.0 Å². The summed E-state index contributed by atoms with van der Waals surface area (Å²) < 4.78 is 49.9. The van der Waals surface area contributed by atoms with Gasteiger partial charge in [0.05, 0.1) is 0 Å². The standard InChI is InChI=1S/C16H16N2O6S4/c19-13-9-27(21,22)15(11-3-1-7-25-11)17(13)5-6-18-14(20)10-28(23,24)16(18)12-4-2-8-26-12/h1-4,7-8,15-16H,5-6,9-10H2/t15-,16+. The van der Waals surface area contributed by atoms with Crippen LogP contribution in [0.2, 0.25) is 0 Å². The normalized spacial score (nSPS) is 26.3. The van der Waals surface area contributed by atoms with Crippen LogP contribution in [0.25, 0.3) is 0 Å². The molecular weight excluding hydrogens is 444 g/mol. The van der Waals surface area contributed by atoms with E-state index < -0.39 is 53.7 Å². The minimum atomic E-state index is -3.68. The first kappa shape index (κ1) is 19.6. The molecule has 0 aromatic carbocycles. The zero-order valence-electron chi connectivity index (χ0n) is 14.4. The number of nitrogens with zero attached hydrogens (tertiary/aromatic N) is 2. The summed E-state index contributed by atoms with van der Waals surface area (Å²) in [6, 6.07) is 6.72. The fourth-order valence-corrected chi connectivity index (χ4v) is 9.61. The first-order valence-electron chi connectivity index (χ1n) is 8.29. The molecule has 2 fully saturated rings. The molecule has 0 saturated carbocycles. The van der Waals surface area contributed by atoms with Gasteiger partial charge in [-0.25, -0.2) is 16.8 Å². The van der Waals surface area contributed by atoms with Gasteiger partial charge in [-0.2, -0.15) is 0 Å². The molecule has 2 aromatic heterocycles. The van der Waals surface area contributed by atoms with E-state index in [0.717, 1.165) is 0 Å². The fourth-order valence-electron chi connectivity index (χ4n) is 3.54. The van der Waals surface area contributed by atoms with Gasteiger partial charge in [-0.3, -0.25) is 9.59 Å². The van der Waals surface area contributed by atoms with Crippen molar-refractivity contribution < 1.29 is 26.4 Å². The molecule has 0 bridgehead atoms. The highest BCUT2D eigenvalue weighted by molar-refractivity contribution is 7.93. The zero-order valence-corrected chi connectivity index (χ0v) is 17.7. The lowest BCUT2D eigenvalue weighted by Crippen LogP contribution is -2.39. The molecule has 0 aliphatic carbocycles. The molecule has 4 heterocycles. The Balaban J connectivity index is 1.60. The highest BCUT2D eigenvalue weighted by Crippen LogP contribution is 2.38. The second-order valence-electron chi connectivity index (χ2n) is 6.52. The third-order valence-electron chi connectivity index (χ3n) is 4.69. The maximum atomic E-state index is 12.5. The van der Waals surface area contributed by atoms with Crippen molar-refractivity contribution in [1.29, 1.82) is 0 Å². The molecule has 2 aliphatic heterocycles. The van der Waals surface area contributed by atoms with Crippen molar-refractivity contribution in [1.82, 2.24) is 9.80 Å². The van der Waals surface area contributed by atoms with Crippen LogP contribution in [0, 0.1) is 0 Å². The van der Waals surface area contributed by atoms with Crippen LogP contribution in [0.15, 0.2) is 35.0 Å². The minimum absolute atomic E-state index is 0.0518. The monoisotopic (exact) mass is 460 g/mol. The predicted octanol–water partition coefficient (Wildman–Crippen LogP) is 1.02. The Morgan fingerprint density at radius 1 is 0.786 bits per heavy atom. The van der Waals surface area contributed by atoms with E-state index in [0.29, 0.717) is 9.75 Å². The van der Waals surface area contributed by atoms with Gasteiger partial charge < -0.3 is 9.80 Å². The van der Waals surface area contributed by atoms with Crippen molar-refractivity contribution in [2.45, 2.75) is 10.7 Å². The minimum Gasteiger partial charge on any atom is -0.319 e. The molecule has 28 heavy (non-hydrogen) atoms. The summed E-state index contributed by atoms with van der Waals surface area (Å²) in [6.07, 6.45) is 0. The summed E-state index contributed by atoms with van der Waals surface area (Å²) >= 11 is 2.47. The number of thiophene rings is 2. The van der Waals surface area contributed by atoms with Gasteiger partial charge in [0.2, 0.25) is 11.8 Å². The molecule has 0 spiro atoms. The molecular formula is C16H16N2O6S4. The van der Waals surface area contributed by atoms with Gasteiger partial charge >= 0.3 is 0 Å². The number of sulfone groups is 2. The van der Waals surface area contributed by atoms with E-state index in [1.54, 1.807) is 35.0 Å². The fraction of sp³-hybridized carbons (Fsp3) is 0.375. The van der Waals surface area contributed by atoms with Crippen LogP contribution in [0.3, 0.4) is 0 Å². The molecule has 150 valence electrons. The third kappa shape index (κ3) is 3.27. The van der Waals surface area contributed by atoms with E-state index in [9.17, 15) is 26.4 Å². The van der Waals surface area contributed by atoms with E-state index in [1.165, 1.54) is 32.5 Å². The molecule has 2 amide bonds. The summed E-state index contributed by atoms with van der Waals surface area (Å²) in [5.74, 6) is -2.26. The van der Waals surface area contributed by atoms with Gasteiger partial charge in [0.25, 0.3) is 0 Å². The number of hydrogen-bond acceptors (Lipinski definition) is 8. The van der Waals surface area contributed by atoms with Crippen molar-refractivity contribution in [3.8, 4) is 0 Å². The number of hydrogen-bond donors (Lipinski definition) is 0. The number of carbonyl (C=O) groups is 2. The van der Waals surface area contributed by atoms with Crippen LogP contribution in [-0.2, 0) is 29.3 Å². The molecule has 0 radical (unpaired) electrons. The van der Waals surface area contributed by atoms with Crippen molar-refractivity contribution in [3.05, 3.63) is 44.8 Å². The Bertz CT molecular complexity index is 1020. The molecule has 2 aliphatic rings. The van der Waals surface area contributed by atoms with Crippen molar-refractivity contribution in [3.63, 3.8) is 0 Å². The average molecular weight is 461 g/mol. The van der Waals surface area contributed by atoms with Crippen LogP contribution in [0.5, 0.6) is 0 Å². The van der Waals surface area contributed by atoms with Gasteiger partial charge in [0, 0.05) is 22.8 Å². The van der Waals surface area contributed by atoms with E-state index in [2.05, 4.69) is 0 Å². The van der Waals surface area contributed by atoms with Gasteiger partial charge in [-0.1, -0.05) is 12.1 Å². The zero-order chi connectivity index (χ0) is 20.1. The van der Waals surface area contributed by atoms with Crippen LogP contribution in [0.4, 0.5) is 0 Å². The smallest absolute Gasteiger partial charge is 0.239 e. The second-order valence-corrected chi connectivity index (χ2v) is 12.6. The average Bonchev–Trinajstić information content (AvgIpc) is 3.33. The molecule has 2 saturated heterocycles. The second kappa shape index (κ2) is 6.94. The van der Waals surface area contributed by atoms with Crippen molar-refractivity contribution in [2.75, 3.05) is 24.6 Å². The van der Waals surface area contributed by atoms with E-state index in [-0.39, 0.29) is 13.1 Å². The SMILES string of the molecule is O=C1CS(=O)(=O)[C@H](c2cccs2)N1CCN1C(=O)CS(=O)(=O)[C@H]1c1cccs1. The van der Waals surface area contributed by atoms with Crippen molar-refractivity contribution >= 4 is 54.2 Å². The van der Waals surface area contributed by atoms with Gasteiger partial charge in [-0.15, -0.1) is 22.7 Å². The molecule has 4 rings (SSSR count). The van der Waals surface area contributed by atoms with E-state index in [1.807, 2.05) is 0 Å². The first-order valence-corrected chi connectivity index (χ1v) is 13.5. The molecule has 0 unspecified atom stereocenters. The quantitative estimate of drug-likeness (QED) is 0.659. The topological polar surface area (TPSA) is 109 Å². The lowest BCUT2D eigenvalue weighted by molar-refractivity contribution is -0.132. The predicted molar refractivity (Wildman–Crippen MR) is 105 cm³/mol. The Labute approximate surface area is 170 Å². The Hall–Kier alpha value is -1.76. The van der Waals surface area contributed by atoms with Crippen LogP contribution < -0.4 is 0 Å².